The maximum absolute atomic E-state index is 14.4. The molecule has 3 heterocycles. The third-order valence-corrected chi connectivity index (χ3v) is 8.30. The molecular formula is C32H37FN6O3. The lowest BCUT2D eigenvalue weighted by molar-refractivity contribution is -0.136. The second-order valence-corrected chi connectivity index (χ2v) is 11.1. The zero-order valence-corrected chi connectivity index (χ0v) is 23.6. The highest BCUT2D eigenvalue weighted by molar-refractivity contribution is 5.89. The molecule has 3 aliphatic heterocycles. The second kappa shape index (κ2) is 12.5. The number of fused-ring (bicyclic) bond motifs is 1. The summed E-state index contributed by atoms with van der Waals surface area (Å²) in [5.74, 6) is 0.00767. The van der Waals surface area contributed by atoms with E-state index in [0.29, 0.717) is 24.4 Å². The van der Waals surface area contributed by atoms with Crippen LogP contribution in [0.1, 0.15) is 49.4 Å². The Morgan fingerprint density at radius 2 is 1.81 bits per heavy atom. The number of nitrogens with zero attached hydrogens (tertiary/aromatic N) is 1. The lowest BCUT2D eigenvalue weighted by Crippen LogP contribution is -2.58. The SMILES string of the molecule is C[C@H](NC(=O)[C@H](CC(=O)N1CCC[C@@H]1c1ccccc1)NC1Nc2ccccc2O1)C1NCC(c2ccccc2F)N1. The Hall–Kier alpha value is -3.99. The van der Waals surface area contributed by atoms with Gasteiger partial charge < -0.3 is 20.3 Å². The number of benzene rings is 3. The molecule has 3 aliphatic rings. The van der Waals surface area contributed by atoms with E-state index < -0.39 is 12.4 Å². The summed E-state index contributed by atoms with van der Waals surface area (Å²) in [6.45, 7) is 3.07. The normalized spacial score (nSPS) is 24.4. The van der Waals surface area contributed by atoms with Crippen molar-refractivity contribution in [3.05, 3.63) is 95.8 Å². The molecule has 3 aromatic rings. The summed E-state index contributed by atoms with van der Waals surface area (Å²) in [7, 11) is 0. The number of carbonyl (C=O) groups is 2. The van der Waals surface area contributed by atoms with Gasteiger partial charge in [0, 0.05) is 24.7 Å². The number of para-hydroxylation sites is 2. The second-order valence-electron chi connectivity index (χ2n) is 11.1. The molecule has 0 saturated carbocycles. The van der Waals surface area contributed by atoms with Crippen LogP contribution in [-0.2, 0) is 9.59 Å². The number of nitrogens with one attached hydrogen (secondary N) is 5. The van der Waals surface area contributed by atoms with Gasteiger partial charge in [0.15, 0.2) is 0 Å². The van der Waals surface area contributed by atoms with Crippen molar-refractivity contribution >= 4 is 17.5 Å². The predicted octanol–water partition coefficient (Wildman–Crippen LogP) is 3.39. The molecule has 2 fully saturated rings. The quantitative estimate of drug-likeness (QED) is 0.268. The van der Waals surface area contributed by atoms with E-state index in [1.165, 1.54) is 6.07 Å². The van der Waals surface area contributed by atoms with Gasteiger partial charge in [-0.25, -0.2) is 4.39 Å². The fourth-order valence-electron chi connectivity index (χ4n) is 6.12. The Morgan fingerprint density at radius 3 is 2.62 bits per heavy atom. The number of ether oxygens (including phenoxy) is 1. The fraction of sp³-hybridized carbons (Fsp3) is 0.375. The third-order valence-electron chi connectivity index (χ3n) is 8.30. The molecule has 0 spiro atoms. The lowest BCUT2D eigenvalue weighted by atomic mass is 10.0. The van der Waals surface area contributed by atoms with Crippen molar-refractivity contribution in [3.63, 3.8) is 0 Å². The van der Waals surface area contributed by atoms with Gasteiger partial charge in [-0.3, -0.25) is 25.5 Å². The van der Waals surface area contributed by atoms with E-state index in [4.69, 9.17) is 4.74 Å². The van der Waals surface area contributed by atoms with Crippen molar-refractivity contribution in [1.29, 1.82) is 0 Å². The van der Waals surface area contributed by atoms with Crippen molar-refractivity contribution in [3.8, 4) is 5.75 Å². The largest absolute Gasteiger partial charge is 0.455 e. The van der Waals surface area contributed by atoms with Crippen LogP contribution in [0.4, 0.5) is 10.1 Å². The van der Waals surface area contributed by atoms with Crippen molar-refractivity contribution in [2.75, 3.05) is 18.4 Å². The monoisotopic (exact) mass is 572 g/mol. The molecular weight excluding hydrogens is 535 g/mol. The molecule has 2 amide bonds. The summed E-state index contributed by atoms with van der Waals surface area (Å²) in [6.07, 6.45) is 0.835. The highest BCUT2D eigenvalue weighted by atomic mass is 19.1. The number of hydrogen-bond donors (Lipinski definition) is 5. The average molecular weight is 573 g/mol. The Kier molecular flexibility index (Phi) is 8.36. The minimum Gasteiger partial charge on any atom is -0.455 e. The summed E-state index contributed by atoms with van der Waals surface area (Å²) in [5.41, 5.74) is 2.50. The number of hydrogen-bond acceptors (Lipinski definition) is 7. The molecule has 6 atom stereocenters. The summed E-state index contributed by atoms with van der Waals surface area (Å²) in [4.78, 5) is 29.3. The number of rotatable bonds is 9. The molecule has 10 heteroatoms. The number of halogens is 1. The van der Waals surface area contributed by atoms with Gasteiger partial charge in [-0.2, -0.15) is 0 Å². The molecule has 0 aliphatic carbocycles. The van der Waals surface area contributed by atoms with Gasteiger partial charge >= 0.3 is 0 Å². The van der Waals surface area contributed by atoms with E-state index in [1.54, 1.807) is 12.1 Å². The molecule has 9 nitrogen and oxygen atoms in total. The number of anilines is 1. The minimum absolute atomic E-state index is 0.00588. The first-order chi connectivity index (χ1) is 20.5. The van der Waals surface area contributed by atoms with Gasteiger partial charge in [-0.05, 0) is 43.5 Å². The molecule has 3 unspecified atom stereocenters. The van der Waals surface area contributed by atoms with E-state index in [9.17, 15) is 14.0 Å². The van der Waals surface area contributed by atoms with Crippen LogP contribution in [-0.4, -0.2) is 54.4 Å². The van der Waals surface area contributed by atoms with Crippen LogP contribution in [0.25, 0.3) is 0 Å². The first-order valence-electron chi connectivity index (χ1n) is 14.6. The van der Waals surface area contributed by atoms with Crippen LogP contribution in [0.3, 0.4) is 0 Å². The van der Waals surface area contributed by atoms with E-state index in [0.717, 1.165) is 24.1 Å². The highest BCUT2D eigenvalue weighted by Gasteiger charge is 2.36. The first-order valence-corrected chi connectivity index (χ1v) is 14.6. The average Bonchev–Trinajstić information content (AvgIpc) is 3.77. The summed E-state index contributed by atoms with van der Waals surface area (Å²) < 4.78 is 20.3. The molecule has 0 radical (unpaired) electrons. The van der Waals surface area contributed by atoms with E-state index in [-0.39, 0.29) is 48.3 Å². The molecule has 2 saturated heterocycles. The van der Waals surface area contributed by atoms with E-state index in [2.05, 4.69) is 26.6 Å². The van der Waals surface area contributed by atoms with E-state index >= 15 is 0 Å². The van der Waals surface area contributed by atoms with Gasteiger partial charge in [-0.1, -0.05) is 60.7 Å². The number of likely N-dealkylation sites (tertiary alicyclic amines) is 1. The molecule has 3 aromatic carbocycles. The minimum atomic E-state index is -0.854. The van der Waals surface area contributed by atoms with Crippen molar-refractivity contribution < 1.29 is 18.7 Å². The van der Waals surface area contributed by atoms with Crippen LogP contribution in [0, 0.1) is 5.82 Å². The first kappa shape index (κ1) is 28.1. The van der Waals surface area contributed by atoms with Crippen molar-refractivity contribution in [1.82, 2.24) is 26.2 Å². The van der Waals surface area contributed by atoms with Gasteiger partial charge in [0.25, 0.3) is 0 Å². The molecule has 5 N–H and O–H groups in total. The Labute approximate surface area is 245 Å². The standard InChI is InChI=1S/C32H37FN6O3/c1-20(30-34-19-26(36-30)22-12-5-6-13-23(22)33)35-31(41)25(38-32-37-24-14-7-8-16-28(24)42-32)18-29(40)39-17-9-15-27(39)21-10-3-2-4-11-21/h2-8,10-14,16,20,25-27,30,32,34,36-38H,9,15,17-19H2,1H3,(H,35,41)/t20-,25-,26?,27+,30?,32?/m0/s1. The van der Waals surface area contributed by atoms with Crippen LogP contribution in [0.2, 0.25) is 0 Å². The van der Waals surface area contributed by atoms with Gasteiger partial charge in [0.1, 0.15) is 11.6 Å². The predicted molar refractivity (Wildman–Crippen MR) is 158 cm³/mol. The Balaban J connectivity index is 1.14. The van der Waals surface area contributed by atoms with E-state index in [1.807, 2.05) is 72.5 Å². The molecule has 0 bridgehead atoms. The smallest absolute Gasteiger partial charge is 0.238 e. The highest BCUT2D eigenvalue weighted by Crippen LogP contribution is 2.33. The maximum Gasteiger partial charge on any atom is 0.238 e. The molecule has 220 valence electrons. The summed E-state index contributed by atoms with van der Waals surface area (Å²) in [5, 5.41) is 16.3. The Bertz CT molecular complexity index is 1380. The van der Waals surface area contributed by atoms with Crippen molar-refractivity contribution in [2.24, 2.45) is 0 Å². The zero-order chi connectivity index (χ0) is 29.1. The number of carbonyl (C=O) groups excluding carboxylic acids is 2. The number of amides is 2. The summed E-state index contributed by atoms with van der Waals surface area (Å²) >= 11 is 0. The molecule has 6 rings (SSSR count). The van der Waals surface area contributed by atoms with Crippen LogP contribution < -0.4 is 31.3 Å². The van der Waals surface area contributed by atoms with Crippen LogP contribution in [0.15, 0.2) is 78.9 Å². The van der Waals surface area contributed by atoms with Gasteiger partial charge in [-0.15, -0.1) is 0 Å². The van der Waals surface area contributed by atoms with Crippen molar-refractivity contribution in [2.45, 2.75) is 62.9 Å². The topological polar surface area (TPSA) is 107 Å². The third kappa shape index (κ3) is 6.11. The summed E-state index contributed by atoms with van der Waals surface area (Å²) in [6, 6.07) is 22.8. The molecule has 42 heavy (non-hydrogen) atoms. The Morgan fingerprint density at radius 1 is 1.05 bits per heavy atom. The maximum atomic E-state index is 14.4. The van der Waals surface area contributed by atoms with Gasteiger partial charge in [0.05, 0.1) is 36.4 Å². The van der Waals surface area contributed by atoms with Crippen LogP contribution in [0.5, 0.6) is 5.75 Å². The zero-order valence-electron chi connectivity index (χ0n) is 23.6. The lowest BCUT2D eigenvalue weighted by Gasteiger charge is -2.29. The molecule has 0 aromatic heterocycles. The van der Waals surface area contributed by atoms with Gasteiger partial charge in [0.2, 0.25) is 18.2 Å². The van der Waals surface area contributed by atoms with Crippen LogP contribution >= 0.6 is 0 Å². The fourth-order valence-corrected chi connectivity index (χ4v) is 6.12.